The van der Waals surface area contributed by atoms with E-state index in [-0.39, 0.29) is 11.3 Å². The Labute approximate surface area is 229 Å². The van der Waals surface area contributed by atoms with Gasteiger partial charge in [0.05, 0.1) is 11.8 Å². The average Bonchev–Trinajstić information content (AvgIpc) is 3.05. The highest BCUT2D eigenvalue weighted by atomic mass is 32.2. The van der Waals surface area contributed by atoms with Crippen LogP contribution in [0.1, 0.15) is 53.9 Å². The number of β-lactam (4-membered cyclic amide) rings is 1. The molecule has 11 heteroatoms. The van der Waals surface area contributed by atoms with Crippen LogP contribution in [0.2, 0.25) is 0 Å². The molecule has 3 saturated heterocycles. The summed E-state index contributed by atoms with van der Waals surface area (Å²) >= 11 is 3.55. The number of thioether (sulfide) groups is 2. The van der Waals surface area contributed by atoms with Crippen LogP contribution in [0, 0.1) is 23.2 Å². The molecule has 0 spiro atoms. The van der Waals surface area contributed by atoms with Gasteiger partial charge in [0.25, 0.3) is 5.91 Å². The fraction of sp³-hybridized carbons (Fsp3) is 0.846. The Kier molecular flexibility index (Phi) is 8.75. The largest absolute Gasteiger partial charge is 0.427 e. The number of ether oxygens (including phenoxy) is 2. The van der Waals surface area contributed by atoms with Gasteiger partial charge in [0.15, 0.2) is 6.04 Å². The molecule has 2 N–H and O–H groups in total. The Morgan fingerprint density at radius 3 is 2.49 bits per heavy atom. The SMILES string of the molecule is CC(C)(C)C(=O)OCOC(=O)[C@@H]1N2C(=O)[C@@H](N=CN3CC4CC(CSCCN)CC(C4)C3)[C@H]2SC1(C)C. The van der Waals surface area contributed by atoms with E-state index in [4.69, 9.17) is 20.2 Å². The number of hydrogen-bond donors (Lipinski definition) is 1. The van der Waals surface area contributed by atoms with Crippen molar-refractivity contribution in [2.24, 2.45) is 33.9 Å². The quantitative estimate of drug-likeness (QED) is 0.115. The highest BCUT2D eigenvalue weighted by Gasteiger charge is 2.64. The van der Waals surface area contributed by atoms with E-state index in [1.54, 1.807) is 37.4 Å². The third-order valence-corrected chi connectivity index (χ3v) is 10.4. The van der Waals surface area contributed by atoms with Crippen molar-refractivity contribution in [1.29, 1.82) is 0 Å². The first-order valence-corrected chi connectivity index (χ1v) is 15.3. The number of nitrogens with zero attached hydrogens (tertiary/aromatic N) is 3. The number of amides is 1. The van der Waals surface area contributed by atoms with Crippen LogP contribution in [0.15, 0.2) is 4.99 Å². The second-order valence-electron chi connectivity index (χ2n) is 12.4. The van der Waals surface area contributed by atoms with Gasteiger partial charge in [0.2, 0.25) is 6.79 Å². The van der Waals surface area contributed by atoms with Gasteiger partial charge in [0.1, 0.15) is 11.4 Å². The third kappa shape index (κ3) is 6.41. The van der Waals surface area contributed by atoms with Crippen LogP contribution in [-0.2, 0) is 23.9 Å². The number of piperidine rings is 1. The number of esters is 2. The minimum Gasteiger partial charge on any atom is -0.427 e. The first-order valence-electron chi connectivity index (χ1n) is 13.3. The van der Waals surface area contributed by atoms with Crippen molar-refractivity contribution in [2.75, 3.05) is 37.9 Å². The van der Waals surface area contributed by atoms with Gasteiger partial charge in [-0.1, -0.05) is 0 Å². The van der Waals surface area contributed by atoms with Gasteiger partial charge >= 0.3 is 11.9 Å². The number of carbonyl (C=O) groups excluding carboxylic acids is 3. The van der Waals surface area contributed by atoms with Crippen molar-refractivity contribution in [3.05, 3.63) is 0 Å². The van der Waals surface area contributed by atoms with Crippen LogP contribution in [0.4, 0.5) is 0 Å². The molecule has 208 valence electrons. The molecule has 0 radical (unpaired) electrons. The summed E-state index contributed by atoms with van der Waals surface area (Å²) in [6.45, 7) is 11.3. The maximum atomic E-state index is 13.1. The van der Waals surface area contributed by atoms with Gasteiger partial charge in [0, 0.05) is 30.1 Å². The van der Waals surface area contributed by atoms with Crippen LogP contribution in [0.3, 0.4) is 0 Å². The zero-order valence-corrected chi connectivity index (χ0v) is 24.3. The standard InChI is InChI=1S/C26H42N4O5S2/c1-25(2,3)24(33)35-15-34-23(32)20-26(4,5)37-22-19(21(31)30(20)22)28-14-29-11-16-8-17(12-29)10-18(9-16)13-36-7-6-27/h14,16-20,22H,6-13,15,27H2,1-5H3/t16?,17?,18?,19-,20+,22-/m1/s1. The number of hydrogen-bond acceptors (Lipinski definition) is 9. The lowest BCUT2D eigenvalue weighted by molar-refractivity contribution is -0.179. The molecule has 1 saturated carbocycles. The van der Waals surface area contributed by atoms with E-state index in [1.807, 2.05) is 31.9 Å². The lowest BCUT2D eigenvalue weighted by Crippen LogP contribution is -2.65. The molecule has 3 heterocycles. The summed E-state index contributed by atoms with van der Waals surface area (Å²) in [5, 5.41) is -0.193. The van der Waals surface area contributed by atoms with Crippen LogP contribution in [-0.4, -0.2) is 94.1 Å². The summed E-state index contributed by atoms with van der Waals surface area (Å²) in [5.41, 5.74) is 4.96. The Morgan fingerprint density at radius 1 is 1.19 bits per heavy atom. The molecule has 2 bridgehead atoms. The van der Waals surface area contributed by atoms with Crippen molar-refractivity contribution in [2.45, 2.75) is 76.1 Å². The van der Waals surface area contributed by atoms with Crippen LogP contribution in [0.25, 0.3) is 0 Å². The first-order chi connectivity index (χ1) is 17.4. The second kappa shape index (κ2) is 11.3. The Morgan fingerprint density at radius 2 is 1.86 bits per heavy atom. The molecule has 0 aromatic heterocycles. The fourth-order valence-electron chi connectivity index (χ4n) is 6.02. The average molecular weight is 555 g/mol. The summed E-state index contributed by atoms with van der Waals surface area (Å²) in [4.78, 5) is 46.5. The van der Waals surface area contributed by atoms with Crippen LogP contribution < -0.4 is 5.73 Å². The van der Waals surface area contributed by atoms with Gasteiger partial charge in [-0.05, 0) is 77.4 Å². The highest BCUT2D eigenvalue weighted by Crippen LogP contribution is 2.52. The Hall–Kier alpha value is -1.46. The van der Waals surface area contributed by atoms with Crippen molar-refractivity contribution in [1.82, 2.24) is 9.80 Å². The van der Waals surface area contributed by atoms with Crippen molar-refractivity contribution >= 4 is 47.7 Å². The fourth-order valence-corrected chi connectivity index (χ4v) is 8.57. The molecule has 0 aromatic carbocycles. The van der Waals surface area contributed by atoms with E-state index in [1.165, 1.54) is 25.0 Å². The second-order valence-corrected chi connectivity index (χ2v) is 15.3. The molecule has 3 aliphatic heterocycles. The molecule has 37 heavy (non-hydrogen) atoms. The minimum absolute atomic E-state index is 0.151. The maximum absolute atomic E-state index is 13.1. The molecule has 0 aromatic rings. The molecule has 9 nitrogen and oxygen atoms in total. The van der Waals surface area contributed by atoms with Crippen LogP contribution in [0.5, 0.6) is 0 Å². The number of fused-ring (bicyclic) bond motifs is 3. The minimum atomic E-state index is -0.738. The molecular weight excluding hydrogens is 512 g/mol. The summed E-state index contributed by atoms with van der Waals surface area (Å²) in [6.07, 6.45) is 5.69. The summed E-state index contributed by atoms with van der Waals surface area (Å²) in [7, 11) is 0. The van der Waals surface area contributed by atoms with Crippen LogP contribution >= 0.6 is 23.5 Å². The number of likely N-dealkylation sites (tertiary alicyclic amines) is 1. The summed E-state index contributed by atoms with van der Waals surface area (Å²) < 4.78 is 9.80. The lowest BCUT2D eigenvalue weighted by Gasteiger charge is -2.44. The molecular formula is C26H42N4O5S2. The van der Waals surface area contributed by atoms with E-state index >= 15 is 0 Å². The molecule has 2 unspecified atom stereocenters. The van der Waals surface area contributed by atoms with Crippen molar-refractivity contribution in [3.8, 4) is 0 Å². The zero-order valence-electron chi connectivity index (χ0n) is 22.7. The molecule has 4 fully saturated rings. The molecule has 4 rings (SSSR count). The smallest absolute Gasteiger partial charge is 0.333 e. The van der Waals surface area contributed by atoms with Gasteiger partial charge < -0.3 is 25.0 Å². The normalized spacial score (nSPS) is 32.8. The topological polar surface area (TPSA) is 115 Å². The number of carbonyl (C=O) groups is 3. The lowest BCUT2D eigenvalue weighted by atomic mass is 9.73. The monoisotopic (exact) mass is 554 g/mol. The Balaban J connectivity index is 1.29. The van der Waals surface area contributed by atoms with Gasteiger partial charge in [-0.15, -0.1) is 11.8 Å². The molecule has 5 atom stereocenters. The van der Waals surface area contributed by atoms with E-state index < -0.39 is 41.0 Å². The predicted molar refractivity (Wildman–Crippen MR) is 147 cm³/mol. The van der Waals surface area contributed by atoms with E-state index in [2.05, 4.69) is 4.90 Å². The Bertz CT molecular complexity index is 894. The van der Waals surface area contributed by atoms with Gasteiger partial charge in [-0.2, -0.15) is 11.8 Å². The molecule has 1 aliphatic carbocycles. The zero-order chi connectivity index (χ0) is 27.0. The predicted octanol–water partition coefficient (Wildman–Crippen LogP) is 2.58. The maximum Gasteiger partial charge on any atom is 0.333 e. The van der Waals surface area contributed by atoms with Crippen molar-refractivity contribution < 1.29 is 23.9 Å². The number of aliphatic imine (C=N–C) groups is 1. The number of nitrogens with two attached hydrogens (primary N) is 1. The first kappa shape index (κ1) is 28.5. The summed E-state index contributed by atoms with van der Waals surface area (Å²) in [6, 6.07) is -1.22. The van der Waals surface area contributed by atoms with Gasteiger partial charge in [-0.3, -0.25) is 14.6 Å². The van der Waals surface area contributed by atoms with E-state index in [0.717, 1.165) is 31.3 Å². The van der Waals surface area contributed by atoms with Crippen molar-refractivity contribution in [3.63, 3.8) is 0 Å². The molecule has 4 aliphatic rings. The highest BCUT2D eigenvalue weighted by molar-refractivity contribution is 8.01. The summed E-state index contributed by atoms with van der Waals surface area (Å²) in [5.74, 6) is 3.24. The van der Waals surface area contributed by atoms with Gasteiger partial charge in [-0.25, -0.2) is 4.79 Å². The van der Waals surface area contributed by atoms with E-state index in [9.17, 15) is 14.4 Å². The third-order valence-electron chi connectivity index (χ3n) is 7.63. The van der Waals surface area contributed by atoms with E-state index in [0.29, 0.717) is 11.8 Å². The number of rotatable bonds is 9. The molecule has 1 amide bonds.